The Hall–Kier alpha value is -2.40. The van der Waals surface area contributed by atoms with Crippen molar-refractivity contribution in [3.8, 4) is 0 Å². The molecule has 1 aliphatic rings. The average molecular weight is 339 g/mol. The molecule has 0 bridgehead atoms. The first-order valence-corrected chi connectivity index (χ1v) is 8.85. The zero-order chi connectivity index (χ0) is 17.6. The molecule has 1 atom stereocenters. The number of benzene rings is 1. The van der Waals surface area contributed by atoms with Crippen LogP contribution in [0.4, 0.5) is 0 Å². The second-order valence-electron chi connectivity index (χ2n) is 6.58. The molecular formula is C20H25N3O2. The lowest BCUT2D eigenvalue weighted by atomic mass is 10.0. The molecule has 1 saturated heterocycles. The minimum absolute atomic E-state index is 0.181. The third-order valence-electron chi connectivity index (χ3n) is 4.75. The summed E-state index contributed by atoms with van der Waals surface area (Å²) in [5, 5.41) is 13.6. The maximum absolute atomic E-state index is 11.0. The van der Waals surface area contributed by atoms with Crippen molar-refractivity contribution in [2.75, 3.05) is 13.1 Å². The molecule has 3 rings (SSSR count). The second kappa shape index (κ2) is 8.12. The molecule has 2 aromatic rings. The smallest absolute Gasteiger partial charge is 0.304 e. The van der Waals surface area contributed by atoms with Gasteiger partial charge in [0.2, 0.25) is 0 Å². The topological polar surface area (TPSA) is 58.4 Å². The van der Waals surface area contributed by atoms with E-state index in [1.54, 1.807) is 0 Å². The number of aryl methyl sites for hydroxylation is 1. The molecular weight excluding hydrogens is 314 g/mol. The van der Waals surface area contributed by atoms with Crippen molar-refractivity contribution in [2.45, 2.75) is 31.7 Å². The van der Waals surface area contributed by atoms with E-state index in [2.05, 4.69) is 28.2 Å². The fourth-order valence-electron chi connectivity index (χ4n) is 3.54. The standard InChI is InChI=1S/C20H25N3O2/c1-22-14-11-19(21-22)18(16-7-3-2-4-8-16)10-6-13-23-12-5-9-17(23)15-20(24)25/h2-4,7-8,10-11,14,17H,5-6,9,12-13,15H2,1H3,(H,24,25)/t17-/m0/s1. The van der Waals surface area contributed by atoms with Crippen molar-refractivity contribution < 1.29 is 9.90 Å². The summed E-state index contributed by atoms with van der Waals surface area (Å²) in [7, 11) is 1.92. The number of aromatic nitrogens is 2. The van der Waals surface area contributed by atoms with E-state index in [1.165, 1.54) is 0 Å². The van der Waals surface area contributed by atoms with Gasteiger partial charge >= 0.3 is 5.97 Å². The highest BCUT2D eigenvalue weighted by Crippen LogP contribution is 2.24. The molecule has 0 amide bonds. The minimum Gasteiger partial charge on any atom is -0.481 e. The number of carboxylic acid groups (broad SMARTS) is 1. The van der Waals surface area contributed by atoms with E-state index in [0.717, 1.165) is 49.2 Å². The van der Waals surface area contributed by atoms with E-state index in [-0.39, 0.29) is 12.5 Å². The first-order valence-electron chi connectivity index (χ1n) is 8.85. The Kier molecular flexibility index (Phi) is 5.66. The number of carboxylic acids is 1. The zero-order valence-electron chi connectivity index (χ0n) is 14.6. The van der Waals surface area contributed by atoms with Gasteiger partial charge in [-0.1, -0.05) is 36.4 Å². The molecule has 1 aromatic carbocycles. The highest BCUT2D eigenvalue weighted by atomic mass is 16.4. The predicted octanol–water partition coefficient (Wildman–Crippen LogP) is 3.18. The number of aliphatic carboxylic acids is 1. The average Bonchev–Trinajstić information content (AvgIpc) is 3.21. The molecule has 1 aliphatic heterocycles. The van der Waals surface area contributed by atoms with Crippen LogP contribution in [-0.2, 0) is 11.8 Å². The summed E-state index contributed by atoms with van der Waals surface area (Å²) >= 11 is 0. The Morgan fingerprint density at radius 3 is 2.80 bits per heavy atom. The van der Waals surface area contributed by atoms with Gasteiger partial charge in [-0.3, -0.25) is 14.4 Å². The summed E-state index contributed by atoms with van der Waals surface area (Å²) in [5.41, 5.74) is 3.26. The van der Waals surface area contributed by atoms with Gasteiger partial charge in [0.1, 0.15) is 0 Å². The lowest BCUT2D eigenvalue weighted by Crippen LogP contribution is -2.32. The van der Waals surface area contributed by atoms with Gasteiger partial charge in [-0.05, 0) is 37.4 Å². The molecule has 25 heavy (non-hydrogen) atoms. The van der Waals surface area contributed by atoms with Crippen LogP contribution in [0.25, 0.3) is 5.57 Å². The lowest BCUT2D eigenvalue weighted by Gasteiger charge is -2.22. The fourth-order valence-corrected chi connectivity index (χ4v) is 3.54. The van der Waals surface area contributed by atoms with E-state index in [4.69, 9.17) is 5.11 Å². The summed E-state index contributed by atoms with van der Waals surface area (Å²) in [6, 6.07) is 12.5. The van der Waals surface area contributed by atoms with Crippen LogP contribution in [0.15, 0.2) is 48.7 Å². The van der Waals surface area contributed by atoms with Gasteiger partial charge in [0.15, 0.2) is 0 Å². The maximum Gasteiger partial charge on any atom is 0.304 e. The Morgan fingerprint density at radius 2 is 2.12 bits per heavy atom. The fraction of sp³-hybridized carbons (Fsp3) is 0.400. The van der Waals surface area contributed by atoms with Crippen LogP contribution in [0.2, 0.25) is 0 Å². The summed E-state index contributed by atoms with van der Waals surface area (Å²) < 4.78 is 1.81. The molecule has 1 fully saturated rings. The highest BCUT2D eigenvalue weighted by molar-refractivity contribution is 5.77. The Morgan fingerprint density at radius 1 is 1.32 bits per heavy atom. The van der Waals surface area contributed by atoms with E-state index in [9.17, 15) is 4.79 Å². The van der Waals surface area contributed by atoms with Gasteiger partial charge in [-0.25, -0.2) is 0 Å². The molecule has 0 radical (unpaired) electrons. The Bertz CT molecular complexity index is 736. The quantitative estimate of drug-likeness (QED) is 0.842. The van der Waals surface area contributed by atoms with Crippen LogP contribution in [0.3, 0.4) is 0 Å². The third kappa shape index (κ3) is 4.57. The molecule has 0 spiro atoms. The zero-order valence-corrected chi connectivity index (χ0v) is 14.6. The summed E-state index contributed by atoms with van der Waals surface area (Å²) in [6.45, 7) is 1.89. The summed E-state index contributed by atoms with van der Waals surface area (Å²) in [6.07, 6.45) is 7.39. The monoisotopic (exact) mass is 339 g/mol. The van der Waals surface area contributed by atoms with Crippen molar-refractivity contribution in [3.05, 3.63) is 59.9 Å². The first-order chi connectivity index (χ1) is 12.1. The van der Waals surface area contributed by atoms with Crippen molar-refractivity contribution in [1.29, 1.82) is 0 Å². The maximum atomic E-state index is 11.0. The second-order valence-corrected chi connectivity index (χ2v) is 6.58. The van der Waals surface area contributed by atoms with Gasteiger partial charge in [-0.15, -0.1) is 0 Å². The van der Waals surface area contributed by atoms with Crippen LogP contribution >= 0.6 is 0 Å². The molecule has 5 heteroatoms. The van der Waals surface area contributed by atoms with Crippen LogP contribution in [0.5, 0.6) is 0 Å². The van der Waals surface area contributed by atoms with E-state index >= 15 is 0 Å². The molecule has 132 valence electrons. The Balaban J connectivity index is 1.72. The van der Waals surface area contributed by atoms with Crippen molar-refractivity contribution >= 4 is 11.5 Å². The Labute approximate surface area is 148 Å². The van der Waals surface area contributed by atoms with E-state index < -0.39 is 5.97 Å². The van der Waals surface area contributed by atoms with Gasteiger partial charge < -0.3 is 5.11 Å². The number of rotatable bonds is 7. The molecule has 0 saturated carbocycles. The number of hydrogen-bond acceptors (Lipinski definition) is 3. The number of carbonyl (C=O) groups is 1. The largest absolute Gasteiger partial charge is 0.481 e. The van der Waals surface area contributed by atoms with Crippen molar-refractivity contribution in [3.63, 3.8) is 0 Å². The SMILES string of the molecule is Cn1ccc(C(=CCCN2CCC[C@H]2CC(=O)O)c2ccccc2)n1. The number of hydrogen-bond donors (Lipinski definition) is 1. The summed E-state index contributed by atoms with van der Waals surface area (Å²) in [4.78, 5) is 13.3. The predicted molar refractivity (Wildman–Crippen MR) is 98.2 cm³/mol. The van der Waals surface area contributed by atoms with E-state index in [0.29, 0.717) is 0 Å². The van der Waals surface area contributed by atoms with E-state index in [1.807, 2.05) is 42.2 Å². The molecule has 1 aromatic heterocycles. The van der Waals surface area contributed by atoms with Crippen LogP contribution in [0.1, 0.15) is 36.9 Å². The van der Waals surface area contributed by atoms with Crippen molar-refractivity contribution in [2.24, 2.45) is 7.05 Å². The van der Waals surface area contributed by atoms with Crippen LogP contribution < -0.4 is 0 Å². The number of nitrogens with zero attached hydrogens (tertiary/aromatic N) is 3. The first kappa shape index (κ1) is 17.4. The lowest BCUT2D eigenvalue weighted by molar-refractivity contribution is -0.138. The highest BCUT2D eigenvalue weighted by Gasteiger charge is 2.25. The van der Waals surface area contributed by atoms with Crippen LogP contribution in [0, 0.1) is 0 Å². The molecule has 0 unspecified atom stereocenters. The van der Waals surface area contributed by atoms with Crippen LogP contribution in [-0.4, -0.2) is 44.9 Å². The third-order valence-corrected chi connectivity index (χ3v) is 4.75. The normalized spacial score (nSPS) is 18.6. The summed E-state index contributed by atoms with van der Waals surface area (Å²) in [5.74, 6) is -0.703. The number of likely N-dealkylation sites (tertiary alicyclic amines) is 1. The van der Waals surface area contributed by atoms with Gasteiger partial charge in [0.25, 0.3) is 0 Å². The van der Waals surface area contributed by atoms with Gasteiger partial charge in [-0.2, -0.15) is 5.10 Å². The molecule has 0 aliphatic carbocycles. The van der Waals surface area contributed by atoms with Gasteiger partial charge in [0, 0.05) is 31.4 Å². The van der Waals surface area contributed by atoms with Gasteiger partial charge in [0.05, 0.1) is 12.1 Å². The molecule has 2 heterocycles. The minimum atomic E-state index is -0.703. The molecule has 5 nitrogen and oxygen atoms in total. The molecule has 1 N–H and O–H groups in total. The van der Waals surface area contributed by atoms with Crippen molar-refractivity contribution in [1.82, 2.24) is 14.7 Å².